The molecule has 0 amide bonds. The molecule has 1 saturated heterocycles. The van der Waals surface area contributed by atoms with E-state index < -0.39 is 12.1 Å². The minimum Gasteiger partial charge on any atom is -0.479 e. The second-order valence-electron chi connectivity index (χ2n) is 4.06. The summed E-state index contributed by atoms with van der Waals surface area (Å²) in [6, 6.07) is 7.60. The first-order valence-corrected chi connectivity index (χ1v) is 5.84. The van der Waals surface area contributed by atoms with E-state index in [4.69, 9.17) is 21.4 Å². The molecule has 0 radical (unpaired) electrons. The summed E-state index contributed by atoms with van der Waals surface area (Å²) >= 11 is 5.90. The molecule has 0 saturated carbocycles. The zero-order chi connectivity index (χ0) is 12.3. The van der Waals surface area contributed by atoms with Gasteiger partial charge >= 0.3 is 5.97 Å². The lowest BCUT2D eigenvalue weighted by Crippen LogP contribution is -2.45. The minimum absolute atomic E-state index is 0.418. The fourth-order valence-electron chi connectivity index (χ4n) is 1.89. The molecule has 2 rings (SSSR count). The predicted molar refractivity (Wildman–Crippen MR) is 64.1 cm³/mol. The number of carboxylic acid groups (broad SMARTS) is 1. The van der Waals surface area contributed by atoms with Gasteiger partial charge in [-0.25, -0.2) is 4.79 Å². The Morgan fingerprint density at radius 3 is 3.12 bits per heavy atom. The van der Waals surface area contributed by atoms with Crippen LogP contribution in [0.1, 0.15) is 5.56 Å². The number of morpholine rings is 1. The van der Waals surface area contributed by atoms with Gasteiger partial charge in [0, 0.05) is 24.7 Å². The molecule has 1 aliphatic rings. The Morgan fingerprint density at radius 2 is 2.41 bits per heavy atom. The van der Waals surface area contributed by atoms with Gasteiger partial charge in [-0.1, -0.05) is 23.7 Å². The van der Waals surface area contributed by atoms with Crippen molar-refractivity contribution in [2.45, 2.75) is 12.6 Å². The van der Waals surface area contributed by atoms with E-state index in [2.05, 4.69) is 4.90 Å². The summed E-state index contributed by atoms with van der Waals surface area (Å²) in [5.74, 6) is -0.902. The van der Waals surface area contributed by atoms with Crippen molar-refractivity contribution in [1.82, 2.24) is 4.90 Å². The fourth-order valence-corrected chi connectivity index (χ4v) is 2.10. The lowest BCUT2D eigenvalue weighted by Gasteiger charge is -2.30. The number of halogens is 1. The maximum atomic E-state index is 10.8. The first-order valence-electron chi connectivity index (χ1n) is 5.46. The standard InChI is InChI=1S/C12H14ClNO3/c13-10-3-1-2-9(6-10)7-14-4-5-17-11(8-14)12(15)16/h1-3,6,11H,4-5,7-8H2,(H,15,16)/t11-/m0/s1. The SMILES string of the molecule is O=C(O)[C@@H]1CN(Cc2cccc(Cl)c2)CCO1. The molecule has 1 aromatic rings. The molecule has 92 valence electrons. The summed E-state index contributed by atoms with van der Waals surface area (Å²) in [5, 5.41) is 9.59. The number of hydrogen-bond acceptors (Lipinski definition) is 3. The maximum absolute atomic E-state index is 10.8. The van der Waals surface area contributed by atoms with Crippen molar-refractivity contribution in [2.24, 2.45) is 0 Å². The fraction of sp³-hybridized carbons (Fsp3) is 0.417. The molecule has 0 aliphatic carbocycles. The molecule has 1 aliphatic heterocycles. The van der Waals surface area contributed by atoms with E-state index in [0.717, 1.165) is 12.1 Å². The highest BCUT2D eigenvalue weighted by Crippen LogP contribution is 2.14. The van der Waals surface area contributed by atoms with E-state index in [1.54, 1.807) is 0 Å². The Morgan fingerprint density at radius 1 is 1.59 bits per heavy atom. The van der Waals surface area contributed by atoms with Crippen LogP contribution in [0.3, 0.4) is 0 Å². The number of carboxylic acids is 1. The van der Waals surface area contributed by atoms with E-state index in [1.165, 1.54) is 0 Å². The van der Waals surface area contributed by atoms with Gasteiger partial charge < -0.3 is 9.84 Å². The van der Waals surface area contributed by atoms with Crippen molar-refractivity contribution in [3.8, 4) is 0 Å². The third-order valence-electron chi connectivity index (χ3n) is 2.72. The molecule has 0 spiro atoms. The Kier molecular flexibility index (Phi) is 3.99. The maximum Gasteiger partial charge on any atom is 0.334 e. The largest absolute Gasteiger partial charge is 0.479 e. The van der Waals surface area contributed by atoms with Crippen molar-refractivity contribution in [2.75, 3.05) is 19.7 Å². The first kappa shape index (κ1) is 12.4. The number of hydrogen-bond donors (Lipinski definition) is 1. The van der Waals surface area contributed by atoms with Crippen LogP contribution in [0.15, 0.2) is 24.3 Å². The van der Waals surface area contributed by atoms with Gasteiger partial charge in [0.2, 0.25) is 0 Å². The summed E-state index contributed by atoms with van der Waals surface area (Å²) in [7, 11) is 0. The summed E-state index contributed by atoms with van der Waals surface area (Å²) in [5.41, 5.74) is 1.09. The van der Waals surface area contributed by atoms with Crippen LogP contribution in [0.5, 0.6) is 0 Å². The average molecular weight is 256 g/mol. The number of ether oxygens (including phenoxy) is 1. The molecule has 1 aromatic carbocycles. The highest BCUT2D eigenvalue weighted by molar-refractivity contribution is 6.30. The Bertz CT molecular complexity index is 410. The molecule has 0 aromatic heterocycles. The van der Waals surface area contributed by atoms with E-state index in [0.29, 0.717) is 24.7 Å². The van der Waals surface area contributed by atoms with Gasteiger partial charge in [0.25, 0.3) is 0 Å². The molecular weight excluding hydrogens is 242 g/mol. The van der Waals surface area contributed by atoms with Crippen molar-refractivity contribution >= 4 is 17.6 Å². The molecule has 0 bridgehead atoms. The molecule has 4 nitrogen and oxygen atoms in total. The van der Waals surface area contributed by atoms with Gasteiger partial charge in [0.15, 0.2) is 6.10 Å². The van der Waals surface area contributed by atoms with Crippen molar-refractivity contribution in [1.29, 1.82) is 0 Å². The summed E-state index contributed by atoms with van der Waals surface area (Å²) < 4.78 is 5.16. The second-order valence-corrected chi connectivity index (χ2v) is 4.50. The van der Waals surface area contributed by atoms with Crippen molar-refractivity contribution in [3.05, 3.63) is 34.9 Å². The normalized spacial score (nSPS) is 21.4. The topological polar surface area (TPSA) is 49.8 Å². The van der Waals surface area contributed by atoms with E-state index in [1.807, 2.05) is 24.3 Å². The Balaban J connectivity index is 1.97. The van der Waals surface area contributed by atoms with Crippen LogP contribution in [-0.2, 0) is 16.1 Å². The van der Waals surface area contributed by atoms with Crippen LogP contribution in [0.2, 0.25) is 5.02 Å². The quantitative estimate of drug-likeness (QED) is 0.892. The third kappa shape index (κ3) is 3.43. The van der Waals surface area contributed by atoms with Crippen LogP contribution in [0, 0.1) is 0 Å². The highest BCUT2D eigenvalue weighted by atomic mass is 35.5. The van der Waals surface area contributed by atoms with Gasteiger partial charge in [-0.05, 0) is 17.7 Å². The monoisotopic (exact) mass is 255 g/mol. The van der Waals surface area contributed by atoms with Crippen molar-refractivity contribution < 1.29 is 14.6 Å². The van der Waals surface area contributed by atoms with Gasteiger partial charge in [-0.15, -0.1) is 0 Å². The van der Waals surface area contributed by atoms with Crippen LogP contribution >= 0.6 is 11.6 Å². The van der Waals surface area contributed by atoms with Gasteiger partial charge in [0.1, 0.15) is 0 Å². The van der Waals surface area contributed by atoms with E-state index in [-0.39, 0.29) is 0 Å². The molecular formula is C12H14ClNO3. The number of nitrogens with zero attached hydrogens (tertiary/aromatic N) is 1. The van der Waals surface area contributed by atoms with Gasteiger partial charge in [0.05, 0.1) is 6.61 Å². The lowest BCUT2D eigenvalue weighted by atomic mass is 10.2. The number of benzene rings is 1. The van der Waals surface area contributed by atoms with Crippen LogP contribution < -0.4 is 0 Å². The predicted octanol–water partition coefficient (Wildman–Crippen LogP) is 1.63. The minimum atomic E-state index is -0.902. The zero-order valence-electron chi connectivity index (χ0n) is 9.30. The molecule has 0 unspecified atom stereocenters. The summed E-state index contributed by atoms with van der Waals surface area (Å²) in [6.07, 6.45) is -0.720. The average Bonchev–Trinajstić information content (AvgIpc) is 2.29. The zero-order valence-corrected chi connectivity index (χ0v) is 10.1. The molecule has 1 fully saturated rings. The number of aliphatic carboxylic acids is 1. The molecule has 1 atom stereocenters. The summed E-state index contributed by atoms with van der Waals surface area (Å²) in [4.78, 5) is 12.9. The van der Waals surface area contributed by atoms with Gasteiger partial charge in [-0.3, -0.25) is 4.90 Å². The smallest absolute Gasteiger partial charge is 0.334 e. The number of rotatable bonds is 3. The lowest BCUT2D eigenvalue weighted by molar-refractivity contribution is -0.156. The van der Waals surface area contributed by atoms with E-state index in [9.17, 15) is 4.79 Å². The van der Waals surface area contributed by atoms with E-state index >= 15 is 0 Å². The third-order valence-corrected chi connectivity index (χ3v) is 2.96. The Hall–Kier alpha value is -1.10. The van der Waals surface area contributed by atoms with Crippen LogP contribution in [0.25, 0.3) is 0 Å². The van der Waals surface area contributed by atoms with Gasteiger partial charge in [-0.2, -0.15) is 0 Å². The number of carbonyl (C=O) groups is 1. The molecule has 1 N–H and O–H groups in total. The molecule has 17 heavy (non-hydrogen) atoms. The van der Waals surface area contributed by atoms with Crippen LogP contribution in [0.4, 0.5) is 0 Å². The highest BCUT2D eigenvalue weighted by Gasteiger charge is 2.25. The second kappa shape index (κ2) is 5.49. The van der Waals surface area contributed by atoms with Crippen LogP contribution in [-0.4, -0.2) is 41.8 Å². The first-order chi connectivity index (χ1) is 8.15. The van der Waals surface area contributed by atoms with Crippen molar-refractivity contribution in [3.63, 3.8) is 0 Å². The Labute approximate surface area is 105 Å². The summed E-state index contributed by atoms with van der Waals surface area (Å²) in [6.45, 7) is 2.32. The molecule has 5 heteroatoms. The molecule has 1 heterocycles.